The van der Waals surface area contributed by atoms with Gasteiger partial charge in [-0.15, -0.1) is 39.4 Å². The molecule has 2 atom stereocenters. The summed E-state index contributed by atoms with van der Waals surface area (Å²) in [4.78, 5) is 28.5. The molecule has 0 aromatic carbocycles. The zero-order valence-electron chi connectivity index (χ0n) is 22.2. The Labute approximate surface area is 236 Å². The van der Waals surface area contributed by atoms with Gasteiger partial charge in [0.05, 0.1) is 17.9 Å². The topological polar surface area (TPSA) is 86.1 Å². The van der Waals surface area contributed by atoms with Gasteiger partial charge in [0.15, 0.2) is 11.0 Å². The van der Waals surface area contributed by atoms with E-state index in [4.69, 9.17) is 4.74 Å². The van der Waals surface area contributed by atoms with Crippen LogP contribution in [0.1, 0.15) is 64.9 Å². The summed E-state index contributed by atoms with van der Waals surface area (Å²) in [5, 5.41) is 15.5. The van der Waals surface area contributed by atoms with Crippen LogP contribution in [0.2, 0.25) is 0 Å². The summed E-state index contributed by atoms with van der Waals surface area (Å²) in [5.74, 6) is 1.75. The van der Waals surface area contributed by atoms with Gasteiger partial charge in [-0.05, 0) is 68.4 Å². The fourth-order valence-corrected chi connectivity index (χ4v) is 8.71. The van der Waals surface area contributed by atoms with E-state index in [9.17, 15) is 9.59 Å². The number of hydrogen-bond donors (Lipinski definition) is 1. The number of carbonyl (C=O) groups excluding carboxylic acids is 2. The summed E-state index contributed by atoms with van der Waals surface area (Å²) in [5.41, 5.74) is 4.12. The summed E-state index contributed by atoms with van der Waals surface area (Å²) in [6.07, 6.45) is 8.00. The number of nitrogens with zero attached hydrogens (tertiary/aromatic N) is 3. The van der Waals surface area contributed by atoms with Crippen LogP contribution in [0.3, 0.4) is 0 Å². The number of esters is 1. The summed E-state index contributed by atoms with van der Waals surface area (Å²) in [7, 11) is 0. The number of rotatable bonds is 9. The monoisotopic (exact) mass is 570 g/mol. The molecule has 0 spiro atoms. The van der Waals surface area contributed by atoms with Crippen LogP contribution in [0.25, 0.3) is 11.4 Å². The molecule has 38 heavy (non-hydrogen) atoms. The molecule has 202 valence electrons. The van der Waals surface area contributed by atoms with Gasteiger partial charge in [-0.25, -0.2) is 4.79 Å². The minimum Gasteiger partial charge on any atom is -0.462 e. The summed E-state index contributed by atoms with van der Waals surface area (Å²) in [6, 6.07) is 0. The first-order valence-corrected chi connectivity index (χ1v) is 16.0. The van der Waals surface area contributed by atoms with E-state index in [1.807, 2.05) is 22.0 Å². The van der Waals surface area contributed by atoms with E-state index in [0.717, 1.165) is 49.1 Å². The minimum absolute atomic E-state index is 0.162. The zero-order valence-corrected chi connectivity index (χ0v) is 24.6. The lowest BCUT2D eigenvalue weighted by Crippen LogP contribution is -2.18. The number of carbonyl (C=O) groups is 2. The Balaban J connectivity index is 1.33. The van der Waals surface area contributed by atoms with Crippen molar-refractivity contribution in [2.24, 2.45) is 11.8 Å². The van der Waals surface area contributed by atoms with Crippen LogP contribution >= 0.6 is 34.4 Å². The highest BCUT2D eigenvalue weighted by Crippen LogP contribution is 2.41. The van der Waals surface area contributed by atoms with E-state index in [0.29, 0.717) is 40.7 Å². The van der Waals surface area contributed by atoms with Crippen LogP contribution in [0.5, 0.6) is 0 Å². The largest absolute Gasteiger partial charge is 0.462 e. The van der Waals surface area contributed by atoms with Gasteiger partial charge in [-0.1, -0.05) is 31.7 Å². The third-order valence-corrected chi connectivity index (χ3v) is 10.4. The van der Waals surface area contributed by atoms with Gasteiger partial charge in [-0.3, -0.25) is 9.36 Å². The zero-order chi connectivity index (χ0) is 26.8. The highest BCUT2D eigenvalue weighted by molar-refractivity contribution is 7.99. The van der Waals surface area contributed by atoms with Crippen molar-refractivity contribution in [3.05, 3.63) is 44.5 Å². The number of ether oxygens (including phenoxy) is 1. The molecule has 7 nitrogen and oxygen atoms in total. The molecule has 0 radical (unpaired) electrons. The quantitative estimate of drug-likeness (QED) is 0.182. The smallest absolute Gasteiger partial charge is 0.341 e. The molecule has 0 saturated carbocycles. The van der Waals surface area contributed by atoms with Crippen LogP contribution in [0, 0.1) is 11.8 Å². The van der Waals surface area contributed by atoms with Crippen molar-refractivity contribution in [3.8, 4) is 11.4 Å². The number of fused-ring (bicyclic) bond motifs is 2. The summed E-state index contributed by atoms with van der Waals surface area (Å²) in [6.45, 7) is 11.1. The van der Waals surface area contributed by atoms with E-state index >= 15 is 0 Å². The molecule has 1 amide bonds. The predicted molar refractivity (Wildman–Crippen MR) is 156 cm³/mol. The molecule has 0 fully saturated rings. The maximum Gasteiger partial charge on any atom is 0.341 e. The lowest BCUT2D eigenvalue weighted by Gasteiger charge is -2.19. The normalized spacial score (nSPS) is 18.5. The second-order valence-electron chi connectivity index (χ2n) is 10.2. The Morgan fingerprint density at radius 2 is 1.92 bits per heavy atom. The van der Waals surface area contributed by atoms with E-state index in [1.165, 1.54) is 44.8 Å². The van der Waals surface area contributed by atoms with Crippen molar-refractivity contribution in [1.82, 2.24) is 14.8 Å². The fourth-order valence-electron chi connectivity index (χ4n) is 5.30. The molecule has 10 heteroatoms. The fraction of sp³-hybridized carbons (Fsp3) is 0.500. The first-order chi connectivity index (χ1) is 18.4. The van der Waals surface area contributed by atoms with Gasteiger partial charge in [0, 0.05) is 27.2 Å². The maximum absolute atomic E-state index is 13.1. The van der Waals surface area contributed by atoms with Gasteiger partial charge >= 0.3 is 5.97 Å². The number of anilines is 1. The van der Waals surface area contributed by atoms with Gasteiger partial charge in [0.2, 0.25) is 5.91 Å². The Morgan fingerprint density at radius 3 is 2.66 bits per heavy atom. The minimum atomic E-state index is -0.355. The Hall–Kier alpha value is -2.43. The lowest BCUT2D eigenvalue weighted by atomic mass is 9.88. The first-order valence-electron chi connectivity index (χ1n) is 13.3. The molecule has 2 aliphatic rings. The van der Waals surface area contributed by atoms with Gasteiger partial charge < -0.3 is 10.1 Å². The molecule has 3 aromatic heterocycles. The summed E-state index contributed by atoms with van der Waals surface area (Å²) >= 11 is 4.67. The van der Waals surface area contributed by atoms with Gasteiger partial charge in [0.25, 0.3) is 0 Å². The molecule has 0 saturated heterocycles. The molecule has 3 heterocycles. The number of amides is 1. The molecular formula is C28H34N4O3S3. The number of nitrogens with one attached hydrogen (secondary N) is 1. The summed E-state index contributed by atoms with van der Waals surface area (Å²) < 4.78 is 7.38. The van der Waals surface area contributed by atoms with E-state index in [2.05, 4.69) is 41.3 Å². The maximum atomic E-state index is 13.1. The van der Waals surface area contributed by atoms with Crippen LogP contribution in [-0.2, 0) is 41.8 Å². The number of hydrogen-bond acceptors (Lipinski definition) is 8. The van der Waals surface area contributed by atoms with Crippen molar-refractivity contribution in [2.45, 2.75) is 71.0 Å². The standard InChI is InChI=1S/C28H34N4O3S3/c1-5-11-32-25(20-14-36-21-12-16(3)7-9-18(20)21)30-31-28(32)37-15-23(33)29-26-24(27(34)35-6-2)19-10-8-17(4)13-22(19)38-26/h5,14,16-17H,1,6-13,15H2,2-4H3,(H,29,33). The molecule has 2 aliphatic carbocycles. The average Bonchev–Trinajstić information content (AvgIpc) is 3.57. The van der Waals surface area contributed by atoms with Crippen molar-refractivity contribution in [1.29, 1.82) is 0 Å². The number of thioether (sulfide) groups is 1. The Bertz CT molecular complexity index is 1360. The van der Waals surface area contributed by atoms with Crippen LogP contribution in [0.15, 0.2) is 23.2 Å². The SMILES string of the molecule is C=CCn1c(SCC(=O)Nc2sc3c(c2C(=O)OCC)CCC(C)C3)nnc1-c1csc2c1CCC(C)C2. The second-order valence-corrected chi connectivity index (χ2v) is 13.2. The van der Waals surface area contributed by atoms with Crippen molar-refractivity contribution in [2.75, 3.05) is 17.7 Å². The number of thiophene rings is 2. The molecule has 5 rings (SSSR count). The number of aromatic nitrogens is 3. The van der Waals surface area contributed by atoms with Crippen LogP contribution < -0.4 is 5.32 Å². The van der Waals surface area contributed by atoms with E-state index in [-0.39, 0.29) is 17.6 Å². The first kappa shape index (κ1) is 27.1. The second kappa shape index (κ2) is 11.8. The van der Waals surface area contributed by atoms with Crippen LogP contribution in [-0.4, -0.2) is 39.0 Å². The van der Waals surface area contributed by atoms with E-state index in [1.54, 1.807) is 6.92 Å². The van der Waals surface area contributed by atoms with Crippen LogP contribution in [0.4, 0.5) is 5.00 Å². The van der Waals surface area contributed by atoms with Gasteiger partial charge in [-0.2, -0.15) is 0 Å². The van der Waals surface area contributed by atoms with E-state index < -0.39 is 0 Å². The third kappa shape index (κ3) is 5.49. The third-order valence-electron chi connectivity index (χ3n) is 7.25. The molecule has 0 bridgehead atoms. The molecule has 0 aliphatic heterocycles. The van der Waals surface area contributed by atoms with Crippen molar-refractivity contribution in [3.63, 3.8) is 0 Å². The Morgan fingerprint density at radius 1 is 1.18 bits per heavy atom. The predicted octanol–water partition coefficient (Wildman–Crippen LogP) is 6.41. The Kier molecular flexibility index (Phi) is 8.40. The molecule has 2 unspecified atom stereocenters. The van der Waals surface area contributed by atoms with Crippen molar-refractivity contribution >= 4 is 51.3 Å². The molecule has 1 N–H and O–H groups in total. The lowest BCUT2D eigenvalue weighted by molar-refractivity contribution is -0.113. The number of allylic oxidation sites excluding steroid dienone is 1. The van der Waals surface area contributed by atoms with Gasteiger partial charge in [0.1, 0.15) is 5.00 Å². The van der Waals surface area contributed by atoms with Crippen molar-refractivity contribution < 1.29 is 14.3 Å². The highest BCUT2D eigenvalue weighted by Gasteiger charge is 2.29. The highest BCUT2D eigenvalue weighted by atomic mass is 32.2. The average molecular weight is 571 g/mol. The molecular weight excluding hydrogens is 537 g/mol. The molecule has 3 aromatic rings.